The summed E-state index contributed by atoms with van der Waals surface area (Å²) in [5.41, 5.74) is 0.527. The van der Waals surface area contributed by atoms with Crippen LogP contribution in [-0.4, -0.2) is 41.0 Å². The van der Waals surface area contributed by atoms with E-state index in [1.807, 2.05) is 0 Å². The lowest BCUT2D eigenvalue weighted by molar-refractivity contribution is 0.0797. The number of carbonyl (C=O) groups is 1. The molecule has 110 valence electrons. The molecule has 1 saturated heterocycles. The molecule has 20 heavy (non-hydrogen) atoms. The number of nitrogens with one attached hydrogen (secondary N) is 1. The number of rotatable bonds is 4. The lowest BCUT2D eigenvalue weighted by Gasteiger charge is -2.41. The molecule has 2 rings (SSSR count). The Morgan fingerprint density at radius 1 is 1.35 bits per heavy atom. The second-order valence-corrected chi connectivity index (χ2v) is 6.30. The van der Waals surface area contributed by atoms with Crippen LogP contribution in [0.25, 0.3) is 0 Å². The molecule has 5 heteroatoms. The molecule has 0 unspecified atom stereocenters. The van der Waals surface area contributed by atoms with E-state index in [4.69, 9.17) is 11.6 Å². The molecule has 0 aliphatic carbocycles. The average Bonchev–Trinajstić information content (AvgIpc) is 2.46. The first kappa shape index (κ1) is 15.3. The van der Waals surface area contributed by atoms with E-state index in [-0.39, 0.29) is 11.4 Å². The maximum absolute atomic E-state index is 12.1. The summed E-state index contributed by atoms with van der Waals surface area (Å²) >= 11 is 5.72. The minimum atomic E-state index is -0.0979. The third kappa shape index (κ3) is 3.93. The summed E-state index contributed by atoms with van der Waals surface area (Å²) in [5, 5.41) is 3.39. The summed E-state index contributed by atoms with van der Waals surface area (Å²) in [6.07, 6.45) is 5.32. The molecule has 1 N–H and O–H groups in total. The van der Waals surface area contributed by atoms with Crippen LogP contribution in [0, 0.1) is 0 Å². The predicted molar refractivity (Wildman–Crippen MR) is 81.1 cm³/mol. The van der Waals surface area contributed by atoms with Crippen molar-refractivity contribution in [3.05, 3.63) is 29.0 Å². The van der Waals surface area contributed by atoms with Crippen LogP contribution in [-0.2, 0) is 0 Å². The lowest BCUT2D eigenvalue weighted by atomic mass is 9.98. The van der Waals surface area contributed by atoms with Gasteiger partial charge in [0.1, 0.15) is 5.15 Å². The largest absolute Gasteiger partial charge is 0.350 e. The fourth-order valence-electron chi connectivity index (χ4n) is 2.52. The van der Waals surface area contributed by atoms with E-state index in [0.717, 1.165) is 13.1 Å². The molecule has 0 atom stereocenters. The van der Waals surface area contributed by atoms with E-state index in [1.165, 1.54) is 25.5 Å². The monoisotopic (exact) mass is 295 g/mol. The van der Waals surface area contributed by atoms with Gasteiger partial charge in [-0.15, -0.1) is 0 Å². The van der Waals surface area contributed by atoms with Gasteiger partial charge in [-0.25, -0.2) is 4.98 Å². The molecule has 1 aliphatic heterocycles. The molecule has 1 aromatic heterocycles. The summed E-state index contributed by atoms with van der Waals surface area (Å²) in [4.78, 5) is 18.5. The summed E-state index contributed by atoms with van der Waals surface area (Å²) in [6, 6.07) is 3.32. The maximum atomic E-state index is 12.1. The van der Waals surface area contributed by atoms with Gasteiger partial charge in [0.2, 0.25) is 0 Å². The zero-order valence-corrected chi connectivity index (χ0v) is 12.9. The Balaban J connectivity index is 1.90. The Kier molecular flexibility index (Phi) is 5.00. The van der Waals surface area contributed by atoms with Gasteiger partial charge in [0.05, 0.1) is 5.56 Å². The highest BCUT2D eigenvalue weighted by molar-refractivity contribution is 6.29. The Hall–Kier alpha value is -1.13. The van der Waals surface area contributed by atoms with Crippen LogP contribution < -0.4 is 5.32 Å². The van der Waals surface area contributed by atoms with Crippen LogP contribution >= 0.6 is 11.6 Å². The van der Waals surface area contributed by atoms with Crippen LogP contribution in [0.1, 0.15) is 43.5 Å². The van der Waals surface area contributed by atoms with E-state index in [1.54, 1.807) is 12.1 Å². The molecule has 1 aliphatic rings. The summed E-state index contributed by atoms with van der Waals surface area (Å²) in [6.45, 7) is 7.22. The van der Waals surface area contributed by atoms with Gasteiger partial charge in [0, 0.05) is 18.3 Å². The molecular formula is C15H22ClN3O. The molecule has 1 aromatic rings. The molecule has 0 aromatic carbocycles. The van der Waals surface area contributed by atoms with Crippen LogP contribution in [0.4, 0.5) is 0 Å². The second kappa shape index (κ2) is 6.55. The first-order valence-electron chi connectivity index (χ1n) is 7.14. The Morgan fingerprint density at radius 3 is 2.65 bits per heavy atom. The third-order valence-corrected chi connectivity index (χ3v) is 4.11. The predicted octanol–water partition coefficient (Wildman–Crippen LogP) is 2.73. The number of amides is 1. The van der Waals surface area contributed by atoms with Crippen molar-refractivity contribution in [1.29, 1.82) is 0 Å². The number of piperidine rings is 1. The van der Waals surface area contributed by atoms with Gasteiger partial charge in [0.15, 0.2) is 0 Å². The number of nitrogens with zero attached hydrogens (tertiary/aromatic N) is 2. The fraction of sp³-hybridized carbons (Fsp3) is 0.600. The Labute approximate surface area is 125 Å². The van der Waals surface area contributed by atoms with Crippen molar-refractivity contribution < 1.29 is 4.79 Å². The molecule has 2 heterocycles. The highest BCUT2D eigenvalue weighted by Crippen LogP contribution is 2.20. The quantitative estimate of drug-likeness (QED) is 0.869. The minimum Gasteiger partial charge on any atom is -0.350 e. The zero-order chi connectivity index (χ0) is 14.6. The minimum absolute atomic E-state index is 0.0179. The molecule has 1 fully saturated rings. The number of likely N-dealkylation sites (tertiary alicyclic amines) is 1. The van der Waals surface area contributed by atoms with Gasteiger partial charge in [-0.3, -0.25) is 9.69 Å². The maximum Gasteiger partial charge on any atom is 0.252 e. The number of hydrogen-bond acceptors (Lipinski definition) is 3. The van der Waals surface area contributed by atoms with Gasteiger partial charge >= 0.3 is 0 Å². The van der Waals surface area contributed by atoms with Crippen LogP contribution in [0.3, 0.4) is 0 Å². The van der Waals surface area contributed by atoms with Gasteiger partial charge in [-0.2, -0.15) is 0 Å². The molecule has 0 radical (unpaired) electrons. The highest BCUT2D eigenvalue weighted by atomic mass is 35.5. The Bertz CT molecular complexity index is 453. The molecule has 0 bridgehead atoms. The smallest absolute Gasteiger partial charge is 0.252 e. The van der Waals surface area contributed by atoms with Gasteiger partial charge in [-0.05, 0) is 51.9 Å². The van der Waals surface area contributed by atoms with Crippen molar-refractivity contribution in [2.24, 2.45) is 0 Å². The van der Waals surface area contributed by atoms with Crippen molar-refractivity contribution in [3.63, 3.8) is 0 Å². The van der Waals surface area contributed by atoms with Crippen molar-refractivity contribution in [2.75, 3.05) is 19.6 Å². The SMILES string of the molecule is CC(C)(CNC(=O)c1ccc(Cl)nc1)N1CCCCC1. The molecular weight excluding hydrogens is 274 g/mol. The molecule has 4 nitrogen and oxygen atoms in total. The first-order chi connectivity index (χ1) is 9.49. The number of halogens is 1. The lowest BCUT2D eigenvalue weighted by Crippen LogP contribution is -2.53. The van der Waals surface area contributed by atoms with Crippen molar-refractivity contribution >= 4 is 17.5 Å². The van der Waals surface area contributed by atoms with Crippen LogP contribution in [0.2, 0.25) is 5.15 Å². The normalized spacial score (nSPS) is 16.9. The van der Waals surface area contributed by atoms with Gasteiger partial charge in [-0.1, -0.05) is 18.0 Å². The third-order valence-electron chi connectivity index (χ3n) is 3.88. The second-order valence-electron chi connectivity index (χ2n) is 5.91. The summed E-state index contributed by atoms with van der Waals surface area (Å²) in [5.74, 6) is -0.0979. The standard InChI is InChI=1S/C15H22ClN3O/c1-15(2,19-8-4-3-5-9-19)11-18-14(20)12-6-7-13(16)17-10-12/h6-7,10H,3-5,8-9,11H2,1-2H3,(H,18,20). The number of pyridine rings is 1. The number of aromatic nitrogens is 1. The summed E-state index contributed by atoms with van der Waals surface area (Å²) < 4.78 is 0. The van der Waals surface area contributed by atoms with Crippen molar-refractivity contribution in [3.8, 4) is 0 Å². The van der Waals surface area contributed by atoms with Crippen LogP contribution in [0.5, 0.6) is 0 Å². The molecule has 1 amide bonds. The van der Waals surface area contributed by atoms with Crippen molar-refractivity contribution in [1.82, 2.24) is 15.2 Å². The van der Waals surface area contributed by atoms with Crippen LogP contribution in [0.15, 0.2) is 18.3 Å². The fourth-order valence-corrected chi connectivity index (χ4v) is 2.63. The van der Waals surface area contributed by atoms with E-state index >= 15 is 0 Å². The molecule has 0 spiro atoms. The number of hydrogen-bond donors (Lipinski definition) is 1. The highest BCUT2D eigenvalue weighted by Gasteiger charge is 2.28. The van der Waals surface area contributed by atoms with E-state index in [9.17, 15) is 4.79 Å². The zero-order valence-electron chi connectivity index (χ0n) is 12.2. The average molecular weight is 296 g/mol. The topological polar surface area (TPSA) is 45.2 Å². The first-order valence-corrected chi connectivity index (χ1v) is 7.52. The van der Waals surface area contributed by atoms with E-state index < -0.39 is 0 Å². The molecule has 0 saturated carbocycles. The van der Waals surface area contributed by atoms with E-state index in [0.29, 0.717) is 17.3 Å². The summed E-state index contributed by atoms with van der Waals surface area (Å²) in [7, 11) is 0. The van der Waals surface area contributed by atoms with Crippen molar-refractivity contribution in [2.45, 2.75) is 38.6 Å². The van der Waals surface area contributed by atoms with Gasteiger partial charge in [0.25, 0.3) is 5.91 Å². The van der Waals surface area contributed by atoms with E-state index in [2.05, 4.69) is 29.0 Å². The van der Waals surface area contributed by atoms with Gasteiger partial charge < -0.3 is 5.32 Å². The Morgan fingerprint density at radius 2 is 2.05 bits per heavy atom. The number of carbonyl (C=O) groups excluding carboxylic acids is 1.